The van der Waals surface area contributed by atoms with Crippen molar-refractivity contribution in [2.45, 2.75) is 26.3 Å². The molecule has 0 aliphatic rings. The molecule has 2 heterocycles. The smallest absolute Gasteiger partial charge is 0.220 e. The van der Waals surface area contributed by atoms with Crippen molar-refractivity contribution in [1.29, 1.82) is 0 Å². The average Bonchev–Trinajstić information content (AvgIpc) is 3.20. The summed E-state index contributed by atoms with van der Waals surface area (Å²) in [5.74, 6) is 1.84. The van der Waals surface area contributed by atoms with Gasteiger partial charge in [0, 0.05) is 25.9 Å². The van der Waals surface area contributed by atoms with Gasteiger partial charge >= 0.3 is 0 Å². The van der Waals surface area contributed by atoms with Gasteiger partial charge < -0.3 is 14.9 Å². The van der Waals surface area contributed by atoms with Crippen LogP contribution in [0.1, 0.15) is 18.1 Å². The van der Waals surface area contributed by atoms with Gasteiger partial charge in [-0.1, -0.05) is 24.3 Å². The Morgan fingerprint density at radius 1 is 1.08 bits per heavy atom. The van der Waals surface area contributed by atoms with Crippen LogP contribution >= 0.6 is 0 Å². The molecular formula is C20H21N5O. The first-order valence-electron chi connectivity index (χ1n) is 8.83. The molecule has 6 heteroatoms. The van der Waals surface area contributed by atoms with E-state index in [9.17, 15) is 4.79 Å². The molecule has 132 valence electrons. The minimum absolute atomic E-state index is 0.0348. The number of fused-ring (bicyclic) bond motifs is 2. The van der Waals surface area contributed by atoms with Crippen molar-refractivity contribution in [2.24, 2.45) is 0 Å². The monoisotopic (exact) mass is 347 g/mol. The second-order valence-electron chi connectivity index (χ2n) is 6.35. The van der Waals surface area contributed by atoms with Crippen LogP contribution in [0.3, 0.4) is 0 Å². The number of benzene rings is 2. The first-order chi connectivity index (χ1) is 12.7. The minimum Gasteiger partial charge on any atom is -0.354 e. The predicted octanol–water partition coefficient (Wildman–Crippen LogP) is 2.97. The van der Waals surface area contributed by atoms with E-state index in [-0.39, 0.29) is 5.91 Å². The number of carbonyl (C=O) groups is 1. The van der Waals surface area contributed by atoms with E-state index in [1.54, 1.807) is 0 Å². The lowest BCUT2D eigenvalue weighted by Crippen LogP contribution is -2.27. The number of aryl methyl sites for hydroxylation is 2. The number of aromatic amines is 1. The van der Waals surface area contributed by atoms with Gasteiger partial charge in [-0.2, -0.15) is 0 Å². The SMILES string of the molecule is Cc1nc2ccccc2n1CCNC(=O)CCc1nc2ccccc2[nH]1. The molecule has 6 nitrogen and oxygen atoms in total. The largest absolute Gasteiger partial charge is 0.354 e. The molecular weight excluding hydrogens is 326 g/mol. The molecule has 4 aromatic rings. The zero-order chi connectivity index (χ0) is 17.9. The van der Waals surface area contributed by atoms with Gasteiger partial charge in [-0.3, -0.25) is 4.79 Å². The van der Waals surface area contributed by atoms with Gasteiger partial charge in [0.15, 0.2) is 0 Å². The van der Waals surface area contributed by atoms with Crippen molar-refractivity contribution in [3.05, 3.63) is 60.2 Å². The Bertz CT molecular complexity index is 1030. The van der Waals surface area contributed by atoms with Gasteiger partial charge in [0.1, 0.15) is 11.6 Å². The summed E-state index contributed by atoms with van der Waals surface area (Å²) in [5.41, 5.74) is 4.03. The van der Waals surface area contributed by atoms with Crippen molar-refractivity contribution in [3.8, 4) is 0 Å². The molecule has 2 aromatic carbocycles. The van der Waals surface area contributed by atoms with Gasteiger partial charge in [0.25, 0.3) is 0 Å². The Morgan fingerprint density at radius 2 is 1.85 bits per heavy atom. The van der Waals surface area contributed by atoms with Crippen LogP contribution in [0.5, 0.6) is 0 Å². The third kappa shape index (κ3) is 3.31. The number of H-pyrrole nitrogens is 1. The van der Waals surface area contributed by atoms with E-state index < -0.39 is 0 Å². The third-order valence-electron chi connectivity index (χ3n) is 4.53. The number of rotatable bonds is 6. The normalized spacial score (nSPS) is 11.3. The van der Waals surface area contributed by atoms with Gasteiger partial charge in [0.2, 0.25) is 5.91 Å². The molecule has 0 spiro atoms. The lowest BCUT2D eigenvalue weighted by molar-refractivity contribution is -0.121. The zero-order valence-corrected chi connectivity index (χ0v) is 14.7. The summed E-state index contributed by atoms with van der Waals surface area (Å²) in [6.45, 7) is 3.28. The molecule has 0 aliphatic carbocycles. The Kier molecular flexibility index (Phi) is 4.39. The van der Waals surface area contributed by atoms with E-state index in [0.717, 1.165) is 33.7 Å². The summed E-state index contributed by atoms with van der Waals surface area (Å²) in [5, 5.41) is 2.99. The van der Waals surface area contributed by atoms with Gasteiger partial charge in [-0.05, 0) is 31.2 Å². The molecule has 0 unspecified atom stereocenters. The Hall–Kier alpha value is -3.15. The van der Waals surface area contributed by atoms with Crippen LogP contribution < -0.4 is 5.32 Å². The number of carbonyl (C=O) groups excluding carboxylic acids is 1. The van der Waals surface area contributed by atoms with Crippen LogP contribution in [0.15, 0.2) is 48.5 Å². The minimum atomic E-state index is 0.0348. The van der Waals surface area contributed by atoms with Crippen molar-refractivity contribution < 1.29 is 4.79 Å². The van der Waals surface area contributed by atoms with Crippen molar-refractivity contribution in [3.63, 3.8) is 0 Å². The maximum atomic E-state index is 12.1. The van der Waals surface area contributed by atoms with Gasteiger partial charge in [0.05, 0.1) is 22.1 Å². The number of amides is 1. The fourth-order valence-corrected chi connectivity index (χ4v) is 3.23. The first kappa shape index (κ1) is 16.3. The number of nitrogens with one attached hydrogen (secondary N) is 2. The highest BCUT2D eigenvalue weighted by Crippen LogP contribution is 2.15. The molecule has 2 aromatic heterocycles. The van der Waals surface area contributed by atoms with Crippen LogP contribution in [0.2, 0.25) is 0 Å². The number of hydrogen-bond donors (Lipinski definition) is 2. The van der Waals surface area contributed by atoms with Crippen LogP contribution in [-0.4, -0.2) is 32.0 Å². The highest BCUT2D eigenvalue weighted by molar-refractivity contribution is 5.77. The topological polar surface area (TPSA) is 75.6 Å². The maximum absolute atomic E-state index is 12.1. The van der Waals surface area contributed by atoms with Crippen molar-refractivity contribution in [1.82, 2.24) is 24.8 Å². The highest BCUT2D eigenvalue weighted by atomic mass is 16.1. The average molecular weight is 347 g/mol. The van der Waals surface area contributed by atoms with Crippen LogP contribution in [0, 0.1) is 6.92 Å². The summed E-state index contributed by atoms with van der Waals surface area (Å²) in [6.07, 6.45) is 1.02. The maximum Gasteiger partial charge on any atom is 0.220 e. The molecule has 0 radical (unpaired) electrons. The highest BCUT2D eigenvalue weighted by Gasteiger charge is 2.08. The third-order valence-corrected chi connectivity index (χ3v) is 4.53. The van der Waals surface area contributed by atoms with Crippen molar-refractivity contribution >= 4 is 28.0 Å². The quantitative estimate of drug-likeness (QED) is 0.563. The number of aromatic nitrogens is 4. The molecule has 0 aliphatic heterocycles. The number of hydrogen-bond acceptors (Lipinski definition) is 3. The van der Waals surface area contributed by atoms with E-state index in [1.165, 1.54) is 0 Å². The summed E-state index contributed by atoms with van der Waals surface area (Å²) in [4.78, 5) is 24.4. The molecule has 4 rings (SSSR count). The molecule has 0 fully saturated rings. The molecule has 0 atom stereocenters. The summed E-state index contributed by atoms with van der Waals surface area (Å²) in [7, 11) is 0. The Morgan fingerprint density at radius 3 is 2.69 bits per heavy atom. The Balaban J connectivity index is 1.30. The fourth-order valence-electron chi connectivity index (χ4n) is 3.23. The summed E-state index contributed by atoms with van der Waals surface area (Å²) < 4.78 is 2.13. The second-order valence-corrected chi connectivity index (χ2v) is 6.35. The van der Waals surface area contributed by atoms with Crippen LogP contribution in [-0.2, 0) is 17.8 Å². The standard InChI is InChI=1S/C20H21N5O/c1-14-22-17-8-4-5-9-18(17)25(14)13-12-21-20(26)11-10-19-23-15-6-2-3-7-16(15)24-19/h2-9H,10-13H2,1H3,(H,21,26)(H,23,24). The molecule has 1 amide bonds. The van der Waals surface area contributed by atoms with E-state index in [4.69, 9.17) is 0 Å². The fraction of sp³-hybridized carbons (Fsp3) is 0.250. The molecule has 0 saturated carbocycles. The molecule has 0 bridgehead atoms. The molecule has 26 heavy (non-hydrogen) atoms. The van der Waals surface area contributed by atoms with Gasteiger partial charge in [-0.25, -0.2) is 9.97 Å². The van der Waals surface area contributed by atoms with E-state index in [2.05, 4.69) is 30.9 Å². The second kappa shape index (κ2) is 7.00. The summed E-state index contributed by atoms with van der Waals surface area (Å²) >= 11 is 0. The zero-order valence-electron chi connectivity index (χ0n) is 14.7. The summed E-state index contributed by atoms with van der Waals surface area (Å²) in [6, 6.07) is 15.9. The lowest BCUT2D eigenvalue weighted by Gasteiger charge is -2.08. The van der Waals surface area contributed by atoms with Gasteiger partial charge in [-0.15, -0.1) is 0 Å². The number of imidazole rings is 2. The van der Waals surface area contributed by atoms with E-state index >= 15 is 0 Å². The lowest BCUT2D eigenvalue weighted by atomic mass is 10.3. The van der Waals surface area contributed by atoms with Crippen LogP contribution in [0.25, 0.3) is 22.1 Å². The molecule has 0 saturated heterocycles. The number of nitrogens with zero attached hydrogens (tertiary/aromatic N) is 3. The van der Waals surface area contributed by atoms with Crippen LogP contribution in [0.4, 0.5) is 0 Å². The Labute approximate surface area is 151 Å². The molecule has 2 N–H and O–H groups in total. The predicted molar refractivity (Wildman–Crippen MR) is 102 cm³/mol. The van der Waals surface area contributed by atoms with E-state index in [1.807, 2.05) is 49.4 Å². The van der Waals surface area contributed by atoms with E-state index in [0.29, 0.717) is 25.9 Å². The first-order valence-corrected chi connectivity index (χ1v) is 8.83. The van der Waals surface area contributed by atoms with Crippen molar-refractivity contribution in [2.75, 3.05) is 6.54 Å². The number of para-hydroxylation sites is 4.